The van der Waals surface area contributed by atoms with E-state index in [-0.39, 0.29) is 12.5 Å². The molecule has 1 saturated heterocycles. The highest BCUT2D eigenvalue weighted by molar-refractivity contribution is 7.92. The zero-order chi connectivity index (χ0) is 20.9. The lowest BCUT2D eigenvalue weighted by Crippen LogP contribution is -2.51. The minimum Gasteiger partial charge on any atom is -0.368 e. The van der Waals surface area contributed by atoms with E-state index in [9.17, 15) is 13.2 Å². The van der Waals surface area contributed by atoms with E-state index < -0.39 is 10.0 Å². The molecule has 3 rings (SSSR count). The number of carbonyl (C=O) groups excluding carboxylic acids is 1. The number of hydrogen-bond donors (Lipinski definition) is 0. The fraction of sp³-hybridized carbons (Fsp3) is 0.318. The third-order valence-corrected chi connectivity index (χ3v) is 6.59. The molecule has 0 bridgehead atoms. The number of amides is 1. The van der Waals surface area contributed by atoms with Gasteiger partial charge in [0.1, 0.15) is 0 Å². The van der Waals surface area contributed by atoms with Gasteiger partial charge < -0.3 is 9.80 Å². The minimum atomic E-state index is -3.66. The van der Waals surface area contributed by atoms with Gasteiger partial charge in [-0.05, 0) is 30.2 Å². The molecular formula is C22H27N3O3S. The molecule has 154 valence electrons. The smallest absolute Gasteiger partial charge is 0.238 e. The highest BCUT2D eigenvalue weighted by Crippen LogP contribution is 2.21. The van der Waals surface area contributed by atoms with Crippen molar-refractivity contribution in [2.24, 2.45) is 0 Å². The standard InChI is InChI=1S/C22H27N3O3S/c1-19-8-6-7-11-21(19)24-13-15-25(16-14-24)22(26)18-23(2)29(27,28)17-12-20-9-4-3-5-10-20/h3-12,17H,13-16,18H2,1-2H3/b17-12+. The number of aryl methyl sites for hydroxylation is 1. The number of likely N-dealkylation sites (N-methyl/N-ethyl adjacent to an activating group) is 1. The molecule has 0 spiro atoms. The quantitative estimate of drug-likeness (QED) is 0.730. The van der Waals surface area contributed by atoms with Crippen LogP contribution in [0.5, 0.6) is 0 Å². The maximum absolute atomic E-state index is 12.6. The average Bonchev–Trinajstić information content (AvgIpc) is 2.73. The van der Waals surface area contributed by atoms with Crippen LogP contribution in [-0.4, -0.2) is 63.3 Å². The fourth-order valence-corrected chi connectivity index (χ4v) is 4.16. The maximum atomic E-state index is 12.6. The molecule has 0 radical (unpaired) electrons. The molecule has 0 atom stereocenters. The van der Waals surface area contributed by atoms with Gasteiger partial charge in [-0.2, -0.15) is 4.31 Å². The number of hydrogen-bond acceptors (Lipinski definition) is 4. The highest BCUT2D eigenvalue weighted by Gasteiger charge is 2.25. The van der Waals surface area contributed by atoms with Gasteiger partial charge in [0.25, 0.3) is 0 Å². The zero-order valence-electron chi connectivity index (χ0n) is 16.9. The van der Waals surface area contributed by atoms with Gasteiger partial charge in [-0.15, -0.1) is 0 Å². The Kier molecular flexibility index (Phi) is 6.71. The lowest BCUT2D eigenvalue weighted by molar-refractivity contribution is -0.131. The summed E-state index contributed by atoms with van der Waals surface area (Å²) in [6, 6.07) is 17.4. The first-order valence-electron chi connectivity index (χ1n) is 9.64. The SMILES string of the molecule is Cc1ccccc1N1CCN(C(=O)CN(C)S(=O)(=O)/C=C/c2ccccc2)CC1. The summed E-state index contributed by atoms with van der Waals surface area (Å²) in [7, 11) is -2.22. The van der Waals surface area contributed by atoms with Gasteiger partial charge in [0, 0.05) is 44.3 Å². The van der Waals surface area contributed by atoms with Crippen LogP contribution in [0.3, 0.4) is 0 Å². The van der Waals surface area contributed by atoms with Crippen molar-refractivity contribution in [3.8, 4) is 0 Å². The Morgan fingerprint density at radius 1 is 1.00 bits per heavy atom. The summed E-state index contributed by atoms with van der Waals surface area (Å²) < 4.78 is 26.0. The third-order valence-electron chi connectivity index (χ3n) is 5.11. The number of piperazine rings is 1. The minimum absolute atomic E-state index is 0.161. The molecule has 0 saturated carbocycles. The number of para-hydroxylation sites is 1. The molecule has 1 fully saturated rings. The largest absolute Gasteiger partial charge is 0.368 e. The van der Waals surface area contributed by atoms with Crippen LogP contribution in [0.2, 0.25) is 0 Å². The molecule has 2 aromatic rings. The van der Waals surface area contributed by atoms with E-state index >= 15 is 0 Å². The van der Waals surface area contributed by atoms with Crippen molar-refractivity contribution in [3.63, 3.8) is 0 Å². The number of rotatable bonds is 6. The molecule has 1 aliphatic heterocycles. The number of anilines is 1. The molecular weight excluding hydrogens is 386 g/mol. The molecule has 29 heavy (non-hydrogen) atoms. The predicted octanol–water partition coefficient (Wildman–Crippen LogP) is 2.58. The van der Waals surface area contributed by atoms with E-state index in [0.717, 1.165) is 28.4 Å². The van der Waals surface area contributed by atoms with Crippen molar-refractivity contribution < 1.29 is 13.2 Å². The second-order valence-electron chi connectivity index (χ2n) is 7.17. The monoisotopic (exact) mass is 413 g/mol. The summed E-state index contributed by atoms with van der Waals surface area (Å²) in [6.07, 6.45) is 1.54. The Labute approximate surface area is 173 Å². The Bertz CT molecular complexity index is 966. The molecule has 0 N–H and O–H groups in total. The molecule has 1 amide bonds. The molecule has 1 aliphatic rings. The van der Waals surface area contributed by atoms with Gasteiger partial charge in [0.2, 0.25) is 15.9 Å². The highest BCUT2D eigenvalue weighted by atomic mass is 32.2. The molecule has 0 aliphatic carbocycles. The number of sulfonamides is 1. The van der Waals surface area contributed by atoms with Crippen LogP contribution in [0.4, 0.5) is 5.69 Å². The van der Waals surface area contributed by atoms with E-state index in [1.54, 1.807) is 4.90 Å². The van der Waals surface area contributed by atoms with E-state index in [1.807, 2.05) is 42.5 Å². The van der Waals surface area contributed by atoms with Crippen molar-refractivity contribution in [2.75, 3.05) is 44.7 Å². The van der Waals surface area contributed by atoms with Gasteiger partial charge >= 0.3 is 0 Å². The first-order valence-corrected chi connectivity index (χ1v) is 11.1. The van der Waals surface area contributed by atoms with Crippen LogP contribution in [0.1, 0.15) is 11.1 Å². The predicted molar refractivity (Wildman–Crippen MR) is 117 cm³/mol. The Morgan fingerprint density at radius 3 is 2.28 bits per heavy atom. The molecule has 6 nitrogen and oxygen atoms in total. The van der Waals surface area contributed by atoms with Gasteiger partial charge in [-0.3, -0.25) is 4.79 Å². The second-order valence-corrected chi connectivity index (χ2v) is 9.09. The normalized spacial score (nSPS) is 15.3. The summed E-state index contributed by atoms with van der Waals surface area (Å²) in [5.41, 5.74) is 3.19. The van der Waals surface area contributed by atoms with Crippen molar-refractivity contribution in [1.82, 2.24) is 9.21 Å². The summed E-state index contributed by atoms with van der Waals surface area (Å²) in [5.74, 6) is -0.173. The molecule has 7 heteroatoms. The van der Waals surface area contributed by atoms with Gasteiger partial charge in [-0.1, -0.05) is 48.5 Å². The summed E-state index contributed by atoms with van der Waals surface area (Å²) in [4.78, 5) is 16.6. The lowest BCUT2D eigenvalue weighted by Gasteiger charge is -2.37. The first-order chi connectivity index (χ1) is 13.9. The number of benzene rings is 2. The van der Waals surface area contributed by atoms with Crippen LogP contribution in [0.25, 0.3) is 6.08 Å². The van der Waals surface area contributed by atoms with Crippen LogP contribution >= 0.6 is 0 Å². The average molecular weight is 414 g/mol. The molecule has 2 aromatic carbocycles. The van der Waals surface area contributed by atoms with Crippen molar-refractivity contribution in [1.29, 1.82) is 0 Å². The fourth-order valence-electron chi connectivity index (χ4n) is 3.33. The zero-order valence-corrected chi connectivity index (χ0v) is 17.7. The van der Waals surface area contributed by atoms with Crippen molar-refractivity contribution >= 4 is 27.7 Å². The number of nitrogens with zero attached hydrogens (tertiary/aromatic N) is 3. The summed E-state index contributed by atoms with van der Waals surface area (Å²) >= 11 is 0. The van der Waals surface area contributed by atoms with Gasteiger partial charge in [-0.25, -0.2) is 8.42 Å². The van der Waals surface area contributed by atoms with E-state index in [2.05, 4.69) is 24.0 Å². The van der Waals surface area contributed by atoms with E-state index in [0.29, 0.717) is 13.1 Å². The van der Waals surface area contributed by atoms with Crippen LogP contribution in [-0.2, 0) is 14.8 Å². The Balaban J connectivity index is 1.55. The molecule has 1 heterocycles. The maximum Gasteiger partial charge on any atom is 0.238 e. The summed E-state index contributed by atoms with van der Waals surface area (Å²) in [5, 5.41) is 1.14. The van der Waals surface area contributed by atoms with Crippen LogP contribution < -0.4 is 4.90 Å². The van der Waals surface area contributed by atoms with Gasteiger partial charge in [0.15, 0.2) is 0 Å². The third kappa shape index (κ3) is 5.46. The van der Waals surface area contributed by atoms with Crippen molar-refractivity contribution in [2.45, 2.75) is 6.92 Å². The topological polar surface area (TPSA) is 60.9 Å². The van der Waals surface area contributed by atoms with Gasteiger partial charge in [0.05, 0.1) is 6.54 Å². The Hall–Kier alpha value is -2.64. The van der Waals surface area contributed by atoms with E-state index in [4.69, 9.17) is 0 Å². The first kappa shape index (κ1) is 21.1. The molecule has 0 unspecified atom stereocenters. The van der Waals surface area contributed by atoms with Crippen LogP contribution in [0, 0.1) is 6.92 Å². The van der Waals surface area contributed by atoms with E-state index in [1.165, 1.54) is 24.4 Å². The number of carbonyl (C=O) groups is 1. The second kappa shape index (κ2) is 9.24. The van der Waals surface area contributed by atoms with Crippen LogP contribution in [0.15, 0.2) is 60.0 Å². The Morgan fingerprint density at radius 2 is 1.62 bits per heavy atom. The summed E-state index contributed by atoms with van der Waals surface area (Å²) in [6.45, 7) is 4.56. The molecule has 0 aromatic heterocycles. The van der Waals surface area contributed by atoms with Crippen molar-refractivity contribution in [3.05, 3.63) is 71.1 Å². The lowest BCUT2D eigenvalue weighted by atomic mass is 10.1.